The number of nitriles is 1. The van der Waals surface area contributed by atoms with Gasteiger partial charge in [0.1, 0.15) is 0 Å². The summed E-state index contributed by atoms with van der Waals surface area (Å²) >= 11 is 5.64. The number of hydrogen-bond donors (Lipinski definition) is 0. The van der Waals surface area contributed by atoms with E-state index in [1.165, 1.54) is 6.92 Å². The van der Waals surface area contributed by atoms with Crippen LogP contribution in [0.25, 0.3) is 0 Å². The monoisotopic (exact) mass is 609 g/mol. The van der Waals surface area contributed by atoms with Gasteiger partial charge in [-0.15, -0.1) is 11.6 Å². The number of nitrogens with zero attached hydrogens (tertiary/aromatic N) is 1. The summed E-state index contributed by atoms with van der Waals surface area (Å²) in [5.41, 5.74) is -4.10. The molecule has 3 rings (SSSR count). The van der Waals surface area contributed by atoms with Crippen LogP contribution in [0.5, 0.6) is 0 Å². The van der Waals surface area contributed by atoms with Crippen LogP contribution in [0.3, 0.4) is 0 Å². The molecule has 220 valence electrons. The van der Waals surface area contributed by atoms with Gasteiger partial charge in [-0.1, -0.05) is 30.3 Å². The van der Waals surface area contributed by atoms with E-state index < -0.39 is 50.3 Å². The summed E-state index contributed by atoms with van der Waals surface area (Å²) in [7, 11) is -3.53. The fourth-order valence-corrected chi connectivity index (χ4v) is 7.38. The number of sulfone groups is 1. The molecule has 1 atom stereocenters. The molecule has 0 radical (unpaired) electrons. The van der Waals surface area contributed by atoms with Gasteiger partial charge in [-0.05, 0) is 68.4 Å². The maximum atomic E-state index is 13.4. The van der Waals surface area contributed by atoms with E-state index in [0.29, 0.717) is 25.0 Å². The Morgan fingerprint density at radius 1 is 0.975 bits per heavy atom. The van der Waals surface area contributed by atoms with Crippen molar-refractivity contribution in [2.24, 2.45) is 5.41 Å². The molecule has 0 amide bonds. The van der Waals surface area contributed by atoms with E-state index in [2.05, 4.69) is 6.07 Å². The summed E-state index contributed by atoms with van der Waals surface area (Å²) in [5, 5.41) is 9.97. The Balaban J connectivity index is 1.87. The minimum atomic E-state index is -4.98. The van der Waals surface area contributed by atoms with E-state index in [0.717, 1.165) is 5.56 Å². The van der Waals surface area contributed by atoms with Gasteiger partial charge < -0.3 is 4.74 Å². The Morgan fingerprint density at radius 3 is 2.00 bits per heavy atom. The van der Waals surface area contributed by atoms with Crippen molar-refractivity contribution in [3.05, 3.63) is 70.8 Å². The van der Waals surface area contributed by atoms with Crippen LogP contribution in [-0.4, -0.2) is 32.4 Å². The smallest absolute Gasteiger partial charge is 0.373 e. The van der Waals surface area contributed by atoms with Crippen molar-refractivity contribution in [2.45, 2.75) is 62.9 Å². The minimum absolute atomic E-state index is 0.0454. The number of halogens is 7. The first-order chi connectivity index (χ1) is 18.5. The van der Waals surface area contributed by atoms with Crippen molar-refractivity contribution in [1.82, 2.24) is 0 Å². The molecule has 2 aromatic rings. The molecule has 0 heterocycles. The van der Waals surface area contributed by atoms with E-state index in [1.807, 2.05) is 12.1 Å². The topological polar surface area (TPSA) is 67.2 Å². The molecule has 0 N–H and O–H groups in total. The lowest BCUT2D eigenvalue weighted by atomic mass is 9.62. The molecule has 0 spiro atoms. The summed E-state index contributed by atoms with van der Waals surface area (Å²) in [6.45, 7) is 1.34. The maximum absolute atomic E-state index is 13.4. The molecular weight excluding hydrogens is 580 g/mol. The SMILES string of the molecule is C[C@@H](OCC1(c2ccccc2)CCC(C#N)(CS(=O)(=O)CCCCl)CC1)c1cc(C(F)(F)F)cc(C(F)(F)F)c1. The highest BCUT2D eigenvalue weighted by atomic mass is 35.5. The average molecular weight is 610 g/mol. The van der Waals surface area contributed by atoms with Crippen LogP contribution >= 0.6 is 11.6 Å². The Kier molecular flexibility index (Phi) is 9.90. The third-order valence-electron chi connectivity index (χ3n) is 7.56. The lowest BCUT2D eigenvalue weighted by Gasteiger charge is -2.44. The molecule has 1 fully saturated rings. The predicted molar refractivity (Wildman–Crippen MR) is 139 cm³/mol. The third-order valence-corrected chi connectivity index (χ3v) is 9.73. The largest absolute Gasteiger partial charge is 0.416 e. The second-order valence-electron chi connectivity index (χ2n) is 10.5. The first-order valence-corrected chi connectivity index (χ1v) is 15.0. The second-order valence-corrected chi connectivity index (χ2v) is 13.0. The summed E-state index contributed by atoms with van der Waals surface area (Å²) in [6.07, 6.45) is -9.63. The number of ether oxygens (including phenoxy) is 1. The molecular formula is C28H30ClF6NO3S. The molecule has 2 aromatic carbocycles. The van der Waals surface area contributed by atoms with Crippen molar-refractivity contribution in [1.29, 1.82) is 5.26 Å². The molecule has 0 aliphatic heterocycles. The van der Waals surface area contributed by atoms with Crippen LogP contribution in [-0.2, 0) is 32.3 Å². The van der Waals surface area contributed by atoms with Gasteiger partial charge in [0.15, 0.2) is 9.84 Å². The Morgan fingerprint density at radius 2 is 1.52 bits per heavy atom. The molecule has 12 heteroatoms. The summed E-state index contributed by atoms with van der Waals surface area (Å²) in [5.74, 6) is -0.247. The van der Waals surface area contributed by atoms with Crippen molar-refractivity contribution in [3.63, 3.8) is 0 Å². The third kappa shape index (κ3) is 7.92. The Hall–Kier alpha value is -2.29. The highest BCUT2D eigenvalue weighted by molar-refractivity contribution is 7.91. The fraction of sp³-hybridized carbons (Fsp3) is 0.536. The molecule has 1 aliphatic carbocycles. The quantitative estimate of drug-likeness (QED) is 0.203. The normalized spacial score (nSPS) is 23.0. The van der Waals surface area contributed by atoms with Crippen LogP contribution in [0.1, 0.15) is 67.4 Å². The number of hydrogen-bond acceptors (Lipinski definition) is 4. The van der Waals surface area contributed by atoms with Gasteiger partial charge in [0.25, 0.3) is 0 Å². The number of benzene rings is 2. The van der Waals surface area contributed by atoms with Crippen LogP contribution in [0.2, 0.25) is 0 Å². The highest BCUT2D eigenvalue weighted by Crippen LogP contribution is 2.48. The van der Waals surface area contributed by atoms with Gasteiger partial charge in [-0.3, -0.25) is 0 Å². The highest BCUT2D eigenvalue weighted by Gasteiger charge is 2.46. The van der Waals surface area contributed by atoms with E-state index in [-0.39, 0.29) is 54.9 Å². The molecule has 40 heavy (non-hydrogen) atoms. The minimum Gasteiger partial charge on any atom is -0.373 e. The number of alkyl halides is 7. The van der Waals surface area contributed by atoms with Crippen LogP contribution < -0.4 is 0 Å². The van der Waals surface area contributed by atoms with Gasteiger partial charge in [-0.2, -0.15) is 31.6 Å². The molecule has 0 saturated heterocycles. The molecule has 0 aromatic heterocycles. The van der Waals surface area contributed by atoms with E-state index in [9.17, 15) is 40.0 Å². The van der Waals surface area contributed by atoms with E-state index >= 15 is 0 Å². The Bertz CT molecular complexity index is 1270. The maximum Gasteiger partial charge on any atom is 0.416 e. The predicted octanol–water partition coefficient (Wildman–Crippen LogP) is 7.87. The van der Waals surface area contributed by atoms with Crippen molar-refractivity contribution >= 4 is 21.4 Å². The molecule has 0 unspecified atom stereocenters. The zero-order chi connectivity index (χ0) is 29.8. The van der Waals surface area contributed by atoms with E-state index in [1.54, 1.807) is 18.2 Å². The van der Waals surface area contributed by atoms with Crippen molar-refractivity contribution in [2.75, 3.05) is 24.0 Å². The van der Waals surface area contributed by atoms with Crippen molar-refractivity contribution in [3.8, 4) is 6.07 Å². The second kappa shape index (κ2) is 12.3. The van der Waals surface area contributed by atoms with Crippen molar-refractivity contribution < 1.29 is 39.5 Å². The van der Waals surface area contributed by atoms with Gasteiger partial charge in [0.2, 0.25) is 0 Å². The summed E-state index contributed by atoms with van der Waals surface area (Å²) in [6, 6.07) is 12.7. The fourth-order valence-electron chi connectivity index (χ4n) is 5.17. The summed E-state index contributed by atoms with van der Waals surface area (Å²) in [4.78, 5) is 0. The van der Waals surface area contributed by atoms with Gasteiger partial charge in [0.05, 0.1) is 46.8 Å². The van der Waals surface area contributed by atoms with Crippen LogP contribution in [0.15, 0.2) is 48.5 Å². The first-order valence-electron chi connectivity index (χ1n) is 12.7. The van der Waals surface area contributed by atoms with Crippen LogP contribution in [0, 0.1) is 16.7 Å². The van der Waals surface area contributed by atoms with Gasteiger partial charge in [-0.25, -0.2) is 8.42 Å². The Labute approximate surface area is 235 Å². The zero-order valence-electron chi connectivity index (χ0n) is 21.8. The lowest BCUT2D eigenvalue weighted by molar-refractivity contribution is -0.143. The van der Waals surface area contributed by atoms with E-state index in [4.69, 9.17) is 16.3 Å². The average Bonchev–Trinajstić information content (AvgIpc) is 2.90. The number of rotatable bonds is 10. The summed E-state index contributed by atoms with van der Waals surface area (Å²) < 4.78 is 111. The molecule has 1 saturated carbocycles. The zero-order valence-corrected chi connectivity index (χ0v) is 23.4. The molecule has 4 nitrogen and oxygen atoms in total. The molecule has 1 aliphatic rings. The van der Waals surface area contributed by atoms with Crippen LogP contribution in [0.4, 0.5) is 26.3 Å². The molecule has 0 bridgehead atoms. The standard InChI is InChI=1S/C28H30ClF6NO3S/c1-20(21-14-23(27(30,31)32)16-24(15-21)28(33,34)35)39-18-26(22-6-3-2-4-7-22)10-8-25(17-36,9-11-26)19-40(37,38)13-5-12-29/h2-4,6-7,14-16,20H,5,8-13,18-19H2,1H3/t20-,25?,26?/m1/s1. The van der Waals surface area contributed by atoms with Gasteiger partial charge >= 0.3 is 12.4 Å². The lowest BCUT2D eigenvalue weighted by Crippen LogP contribution is -2.43. The van der Waals surface area contributed by atoms with Gasteiger partial charge in [0, 0.05) is 11.3 Å². The first kappa shape index (κ1) is 32.2.